The van der Waals surface area contributed by atoms with Gasteiger partial charge in [-0.25, -0.2) is 4.98 Å². The van der Waals surface area contributed by atoms with E-state index < -0.39 is 0 Å². The summed E-state index contributed by atoms with van der Waals surface area (Å²) < 4.78 is 5.59. The SMILES string of the molecule is Cc1nc(-c2ccc(OC(C)C)cc2)c(C)c(=O)[nH]1. The second kappa shape index (κ2) is 5.26. The maximum Gasteiger partial charge on any atom is 0.254 e. The van der Waals surface area contributed by atoms with Gasteiger partial charge in [-0.1, -0.05) is 0 Å². The first kappa shape index (κ1) is 13.3. The van der Waals surface area contributed by atoms with Crippen LogP contribution in [0.15, 0.2) is 29.1 Å². The molecule has 0 saturated carbocycles. The van der Waals surface area contributed by atoms with Gasteiger partial charge >= 0.3 is 0 Å². The van der Waals surface area contributed by atoms with Crippen molar-refractivity contribution in [1.29, 1.82) is 0 Å². The molecule has 1 heterocycles. The van der Waals surface area contributed by atoms with Crippen LogP contribution in [0.5, 0.6) is 5.75 Å². The predicted molar refractivity (Wildman–Crippen MR) is 75.5 cm³/mol. The number of H-pyrrole nitrogens is 1. The zero-order chi connectivity index (χ0) is 14.0. The van der Waals surface area contributed by atoms with E-state index in [4.69, 9.17) is 4.74 Å². The lowest BCUT2D eigenvalue weighted by Gasteiger charge is -2.10. The van der Waals surface area contributed by atoms with Crippen LogP contribution >= 0.6 is 0 Å². The minimum Gasteiger partial charge on any atom is -0.491 e. The van der Waals surface area contributed by atoms with Crippen molar-refractivity contribution in [3.05, 3.63) is 46.0 Å². The molecule has 0 aliphatic rings. The fraction of sp³-hybridized carbons (Fsp3) is 0.333. The molecule has 0 saturated heterocycles. The molecule has 0 unspecified atom stereocenters. The molecule has 1 N–H and O–H groups in total. The Kier molecular flexibility index (Phi) is 3.69. The van der Waals surface area contributed by atoms with Gasteiger partial charge in [-0.05, 0) is 52.0 Å². The summed E-state index contributed by atoms with van der Waals surface area (Å²) in [6.45, 7) is 7.53. The molecule has 0 atom stereocenters. The first-order valence-electron chi connectivity index (χ1n) is 6.32. The smallest absolute Gasteiger partial charge is 0.254 e. The fourth-order valence-electron chi connectivity index (χ4n) is 1.89. The van der Waals surface area contributed by atoms with E-state index in [2.05, 4.69) is 9.97 Å². The highest BCUT2D eigenvalue weighted by Gasteiger charge is 2.08. The monoisotopic (exact) mass is 258 g/mol. The van der Waals surface area contributed by atoms with E-state index >= 15 is 0 Å². The van der Waals surface area contributed by atoms with Gasteiger partial charge in [0.25, 0.3) is 5.56 Å². The summed E-state index contributed by atoms with van der Waals surface area (Å²) in [5, 5.41) is 0. The van der Waals surface area contributed by atoms with E-state index in [1.807, 2.05) is 38.1 Å². The molecule has 0 amide bonds. The Labute approximate surface area is 112 Å². The summed E-state index contributed by atoms with van der Waals surface area (Å²) in [6, 6.07) is 7.64. The number of rotatable bonds is 3. The average molecular weight is 258 g/mol. The van der Waals surface area contributed by atoms with Crippen molar-refractivity contribution in [2.24, 2.45) is 0 Å². The first-order valence-corrected chi connectivity index (χ1v) is 6.32. The number of aryl methyl sites for hydroxylation is 1. The number of aromatic amines is 1. The molecule has 19 heavy (non-hydrogen) atoms. The summed E-state index contributed by atoms with van der Waals surface area (Å²) >= 11 is 0. The average Bonchev–Trinajstić information content (AvgIpc) is 2.34. The van der Waals surface area contributed by atoms with Crippen molar-refractivity contribution in [3.8, 4) is 17.0 Å². The number of benzene rings is 1. The number of aromatic nitrogens is 2. The Morgan fingerprint density at radius 1 is 1.16 bits per heavy atom. The molecule has 0 aliphatic heterocycles. The number of hydrogen-bond donors (Lipinski definition) is 1. The molecule has 0 radical (unpaired) electrons. The molecule has 0 spiro atoms. The third-order valence-corrected chi connectivity index (χ3v) is 2.77. The van der Waals surface area contributed by atoms with Gasteiger partial charge in [0.05, 0.1) is 11.8 Å². The molecule has 4 nitrogen and oxygen atoms in total. The van der Waals surface area contributed by atoms with Gasteiger partial charge in [0.15, 0.2) is 0 Å². The molecule has 2 aromatic rings. The molecule has 0 fully saturated rings. The number of nitrogens with one attached hydrogen (secondary N) is 1. The third kappa shape index (κ3) is 3.02. The maximum absolute atomic E-state index is 11.7. The van der Waals surface area contributed by atoms with Crippen molar-refractivity contribution >= 4 is 0 Å². The largest absolute Gasteiger partial charge is 0.491 e. The minimum absolute atomic E-state index is 0.0926. The van der Waals surface area contributed by atoms with Gasteiger partial charge in [0.1, 0.15) is 11.6 Å². The zero-order valence-corrected chi connectivity index (χ0v) is 11.7. The van der Waals surface area contributed by atoms with Crippen LogP contribution in [-0.2, 0) is 0 Å². The highest BCUT2D eigenvalue weighted by molar-refractivity contribution is 5.63. The van der Waals surface area contributed by atoms with E-state index in [0.717, 1.165) is 17.0 Å². The molecule has 4 heteroatoms. The van der Waals surface area contributed by atoms with Crippen LogP contribution in [0.1, 0.15) is 25.2 Å². The Balaban J connectivity index is 2.40. The minimum atomic E-state index is -0.0926. The highest BCUT2D eigenvalue weighted by atomic mass is 16.5. The summed E-state index contributed by atoms with van der Waals surface area (Å²) in [7, 11) is 0. The van der Waals surface area contributed by atoms with Gasteiger partial charge < -0.3 is 9.72 Å². The van der Waals surface area contributed by atoms with Crippen molar-refractivity contribution in [2.45, 2.75) is 33.8 Å². The van der Waals surface area contributed by atoms with Gasteiger partial charge in [0.2, 0.25) is 0 Å². The molecule has 2 rings (SSSR count). The lowest BCUT2D eigenvalue weighted by molar-refractivity contribution is 0.242. The van der Waals surface area contributed by atoms with E-state index in [0.29, 0.717) is 11.4 Å². The molecular formula is C15H18N2O2. The van der Waals surface area contributed by atoms with Crippen LogP contribution in [-0.4, -0.2) is 16.1 Å². The normalized spacial score (nSPS) is 10.8. The van der Waals surface area contributed by atoms with Crippen LogP contribution in [0.25, 0.3) is 11.3 Å². The highest BCUT2D eigenvalue weighted by Crippen LogP contribution is 2.22. The van der Waals surface area contributed by atoms with Crippen LogP contribution in [0, 0.1) is 13.8 Å². The lowest BCUT2D eigenvalue weighted by Crippen LogP contribution is -2.14. The second-order valence-electron chi connectivity index (χ2n) is 4.82. The standard InChI is InChI=1S/C15H18N2O2/c1-9(2)19-13-7-5-12(6-8-13)14-10(3)15(18)17-11(4)16-14/h5-9H,1-4H3,(H,16,17,18). The summed E-state index contributed by atoms with van der Waals surface area (Å²) in [5.74, 6) is 1.44. The van der Waals surface area contributed by atoms with Crippen LogP contribution in [0.3, 0.4) is 0 Å². The van der Waals surface area contributed by atoms with Gasteiger partial charge in [-0.15, -0.1) is 0 Å². The molecular weight excluding hydrogens is 240 g/mol. The quantitative estimate of drug-likeness (QED) is 0.921. The number of nitrogens with zero attached hydrogens (tertiary/aromatic N) is 1. The van der Waals surface area contributed by atoms with E-state index in [-0.39, 0.29) is 11.7 Å². The Bertz CT molecular complexity index is 628. The molecule has 0 bridgehead atoms. The Morgan fingerprint density at radius 2 is 1.79 bits per heavy atom. The topological polar surface area (TPSA) is 55.0 Å². The Hall–Kier alpha value is -2.10. The molecule has 0 aliphatic carbocycles. The summed E-state index contributed by atoms with van der Waals surface area (Å²) in [5.41, 5.74) is 2.17. The van der Waals surface area contributed by atoms with Crippen LogP contribution in [0.4, 0.5) is 0 Å². The molecule has 100 valence electrons. The van der Waals surface area contributed by atoms with Crippen molar-refractivity contribution in [1.82, 2.24) is 9.97 Å². The predicted octanol–water partition coefficient (Wildman–Crippen LogP) is 2.84. The van der Waals surface area contributed by atoms with Crippen molar-refractivity contribution in [2.75, 3.05) is 0 Å². The fourth-order valence-corrected chi connectivity index (χ4v) is 1.89. The van der Waals surface area contributed by atoms with Gasteiger partial charge in [0, 0.05) is 11.1 Å². The van der Waals surface area contributed by atoms with Gasteiger partial charge in [-0.3, -0.25) is 4.79 Å². The number of ether oxygens (including phenoxy) is 1. The van der Waals surface area contributed by atoms with E-state index in [9.17, 15) is 4.79 Å². The summed E-state index contributed by atoms with van der Waals surface area (Å²) in [4.78, 5) is 18.8. The van der Waals surface area contributed by atoms with Crippen LogP contribution in [0.2, 0.25) is 0 Å². The van der Waals surface area contributed by atoms with Crippen molar-refractivity contribution in [3.63, 3.8) is 0 Å². The van der Waals surface area contributed by atoms with Crippen LogP contribution < -0.4 is 10.3 Å². The Morgan fingerprint density at radius 3 is 2.37 bits per heavy atom. The lowest BCUT2D eigenvalue weighted by atomic mass is 10.1. The number of hydrogen-bond acceptors (Lipinski definition) is 3. The second-order valence-corrected chi connectivity index (χ2v) is 4.82. The van der Waals surface area contributed by atoms with Gasteiger partial charge in [-0.2, -0.15) is 0 Å². The third-order valence-electron chi connectivity index (χ3n) is 2.77. The maximum atomic E-state index is 11.7. The first-order chi connectivity index (χ1) is 8.97. The van der Waals surface area contributed by atoms with E-state index in [1.54, 1.807) is 13.8 Å². The zero-order valence-electron chi connectivity index (χ0n) is 11.7. The van der Waals surface area contributed by atoms with Crippen molar-refractivity contribution < 1.29 is 4.74 Å². The van der Waals surface area contributed by atoms with E-state index in [1.165, 1.54) is 0 Å². The molecule has 1 aromatic carbocycles. The molecule has 1 aromatic heterocycles. The summed E-state index contributed by atoms with van der Waals surface area (Å²) in [6.07, 6.45) is 0.146.